The second-order valence-electron chi connectivity index (χ2n) is 12.8. The normalized spacial score (nSPS) is 12.3. The van der Waals surface area contributed by atoms with Gasteiger partial charge in [-0.3, -0.25) is 0 Å². The number of carbonyl (C=O) groups is 1. The molecule has 7 aromatic rings. The van der Waals surface area contributed by atoms with Crippen molar-refractivity contribution in [1.29, 1.82) is 0 Å². The van der Waals surface area contributed by atoms with Crippen LogP contribution in [0.5, 0.6) is 0 Å². The molecule has 3 heterocycles. The van der Waals surface area contributed by atoms with Gasteiger partial charge in [0.1, 0.15) is 11.5 Å². The number of halogens is 1. The van der Waals surface area contributed by atoms with E-state index in [4.69, 9.17) is 4.74 Å². The Morgan fingerprint density at radius 2 is 1.31 bits per heavy atom. The van der Waals surface area contributed by atoms with Crippen LogP contribution in [0.1, 0.15) is 46.9 Å². The van der Waals surface area contributed by atoms with Gasteiger partial charge in [0.15, 0.2) is 0 Å². The second kappa shape index (κ2) is 12.4. The van der Waals surface area contributed by atoms with Gasteiger partial charge in [-0.05, 0) is 73.9 Å². The number of aryl methyl sites for hydroxylation is 2. The predicted molar refractivity (Wildman–Crippen MR) is 196 cm³/mol. The quantitative estimate of drug-likeness (QED) is 0.157. The molecule has 0 bridgehead atoms. The number of benzene rings is 4. The monoisotopic (exact) mass is 723 g/mol. The molecule has 0 amide bonds. The fourth-order valence-corrected chi connectivity index (χ4v) is 9.34. The zero-order valence-corrected chi connectivity index (χ0v) is 30.1. The SMILES string of the molecule is COC(=O)c1[nH]c(-c2cc(F)cc3c2ccn3S(=O)(=O)c2ccc(C)cc2)c(C(C)C)c1-c1cn(S(=O)(=O)c2ccc(C)cc2)c2ccccc12. The van der Waals surface area contributed by atoms with Gasteiger partial charge in [-0.1, -0.05) is 67.4 Å². The number of nitrogens with one attached hydrogen (secondary N) is 1. The Bertz CT molecular complexity index is 2720. The Labute approximate surface area is 295 Å². The van der Waals surface area contributed by atoms with Crippen LogP contribution in [0.2, 0.25) is 0 Å². The van der Waals surface area contributed by atoms with Gasteiger partial charge in [0.25, 0.3) is 20.0 Å². The molecule has 0 atom stereocenters. The summed E-state index contributed by atoms with van der Waals surface area (Å²) in [6.45, 7) is 7.53. The summed E-state index contributed by atoms with van der Waals surface area (Å²) in [4.78, 5) is 16.9. The van der Waals surface area contributed by atoms with E-state index in [1.807, 2.05) is 27.7 Å². The average molecular weight is 724 g/mol. The molecule has 260 valence electrons. The van der Waals surface area contributed by atoms with E-state index in [0.717, 1.165) is 21.2 Å². The number of carbonyl (C=O) groups excluding carboxylic acids is 1. The smallest absolute Gasteiger partial charge is 0.355 e. The van der Waals surface area contributed by atoms with Gasteiger partial charge in [-0.15, -0.1) is 0 Å². The summed E-state index contributed by atoms with van der Waals surface area (Å²) in [6, 6.07) is 24.0. The van der Waals surface area contributed by atoms with Crippen LogP contribution in [-0.2, 0) is 24.8 Å². The van der Waals surface area contributed by atoms with E-state index < -0.39 is 31.8 Å². The molecule has 0 saturated heterocycles. The van der Waals surface area contributed by atoms with Crippen molar-refractivity contribution >= 4 is 47.8 Å². The third-order valence-electron chi connectivity index (χ3n) is 9.11. The van der Waals surface area contributed by atoms with Crippen LogP contribution in [0.3, 0.4) is 0 Å². The van der Waals surface area contributed by atoms with E-state index in [9.17, 15) is 21.6 Å². The molecule has 51 heavy (non-hydrogen) atoms. The second-order valence-corrected chi connectivity index (χ2v) is 16.4. The molecule has 7 rings (SSSR count). The zero-order chi connectivity index (χ0) is 36.4. The molecule has 0 aliphatic heterocycles. The van der Waals surface area contributed by atoms with Crippen molar-refractivity contribution in [2.75, 3.05) is 7.11 Å². The van der Waals surface area contributed by atoms with E-state index in [2.05, 4.69) is 4.98 Å². The van der Waals surface area contributed by atoms with Crippen LogP contribution in [-0.4, -0.2) is 42.8 Å². The number of nitrogens with zero attached hydrogens (tertiary/aromatic N) is 2. The van der Waals surface area contributed by atoms with Crippen molar-refractivity contribution in [3.05, 3.63) is 132 Å². The average Bonchev–Trinajstić information content (AvgIpc) is 3.82. The first-order valence-electron chi connectivity index (χ1n) is 16.1. The van der Waals surface area contributed by atoms with E-state index in [1.165, 1.54) is 41.7 Å². The van der Waals surface area contributed by atoms with Crippen LogP contribution in [0, 0.1) is 19.7 Å². The lowest BCUT2D eigenvalue weighted by Crippen LogP contribution is -2.11. The highest BCUT2D eigenvalue weighted by Gasteiger charge is 2.32. The maximum atomic E-state index is 15.6. The molecular weight excluding hydrogens is 690 g/mol. The fourth-order valence-electron chi connectivity index (χ4n) is 6.63. The molecule has 9 nitrogen and oxygen atoms in total. The summed E-state index contributed by atoms with van der Waals surface area (Å²) in [5.41, 5.74) is 4.46. The maximum absolute atomic E-state index is 15.6. The van der Waals surface area contributed by atoms with Gasteiger partial charge in [-0.25, -0.2) is 34.0 Å². The minimum atomic E-state index is -4.10. The van der Waals surface area contributed by atoms with E-state index >= 15 is 4.39 Å². The number of rotatable bonds is 8. The predicted octanol–water partition coefficient (Wildman–Crippen LogP) is 8.40. The molecule has 0 unspecified atom stereocenters. The van der Waals surface area contributed by atoms with Gasteiger partial charge < -0.3 is 9.72 Å². The minimum absolute atomic E-state index is 0.0379. The summed E-state index contributed by atoms with van der Waals surface area (Å²) in [7, 11) is -6.94. The molecule has 0 aliphatic carbocycles. The minimum Gasteiger partial charge on any atom is -0.464 e. The summed E-state index contributed by atoms with van der Waals surface area (Å²) in [5, 5.41) is 0.980. The molecule has 3 aromatic heterocycles. The first-order valence-corrected chi connectivity index (χ1v) is 19.0. The third kappa shape index (κ3) is 5.55. The third-order valence-corrected chi connectivity index (χ3v) is 12.5. The summed E-state index contributed by atoms with van der Waals surface area (Å²) >= 11 is 0. The largest absolute Gasteiger partial charge is 0.464 e. The van der Waals surface area contributed by atoms with Crippen LogP contribution in [0.4, 0.5) is 4.39 Å². The lowest BCUT2D eigenvalue weighted by Gasteiger charge is -2.13. The van der Waals surface area contributed by atoms with Crippen LogP contribution in [0.25, 0.3) is 44.2 Å². The van der Waals surface area contributed by atoms with Crippen LogP contribution in [0.15, 0.2) is 113 Å². The standard InChI is InChI=1S/C39H34FN3O6S2/c1-23(2)35-36(32-22-43(33-9-7-6-8-29(32)33)51(47,48)28-16-12-25(4)13-17-28)38(39(44)49-5)41-37(35)31-20-26(40)21-34-30(31)18-19-42(34)50(45,46)27-14-10-24(3)11-15-27/h6-23,41H,1-5H3. The molecule has 0 saturated carbocycles. The molecule has 0 aliphatic rings. The van der Waals surface area contributed by atoms with E-state index in [0.29, 0.717) is 44.2 Å². The van der Waals surface area contributed by atoms with Crippen molar-refractivity contribution in [3.63, 3.8) is 0 Å². The number of H-pyrrole nitrogens is 1. The number of aromatic amines is 1. The number of esters is 1. The first kappa shape index (κ1) is 34.0. The molecule has 0 spiro atoms. The Balaban J connectivity index is 1.51. The Kier molecular flexibility index (Phi) is 8.26. The van der Waals surface area contributed by atoms with Crippen molar-refractivity contribution in [2.45, 2.75) is 43.4 Å². The topological polar surface area (TPSA) is 120 Å². The molecular formula is C39H34FN3O6S2. The molecule has 1 N–H and O–H groups in total. The van der Waals surface area contributed by atoms with Gasteiger partial charge >= 0.3 is 5.97 Å². The Morgan fingerprint density at radius 1 is 0.745 bits per heavy atom. The molecule has 4 aromatic carbocycles. The van der Waals surface area contributed by atoms with E-state index in [-0.39, 0.29) is 26.9 Å². The number of hydrogen-bond acceptors (Lipinski definition) is 6. The fraction of sp³-hybridized carbons (Fsp3) is 0.154. The van der Waals surface area contributed by atoms with Crippen molar-refractivity contribution < 1.29 is 30.8 Å². The number of hydrogen-bond donors (Lipinski definition) is 1. The highest BCUT2D eigenvalue weighted by atomic mass is 32.2. The number of aromatic nitrogens is 3. The van der Waals surface area contributed by atoms with Gasteiger partial charge in [0.2, 0.25) is 0 Å². The van der Waals surface area contributed by atoms with E-state index in [1.54, 1.807) is 66.7 Å². The highest BCUT2D eigenvalue weighted by Crippen LogP contribution is 2.45. The molecule has 12 heteroatoms. The lowest BCUT2D eigenvalue weighted by molar-refractivity contribution is 0.0595. The number of methoxy groups -OCH3 is 1. The van der Waals surface area contributed by atoms with Crippen molar-refractivity contribution in [2.24, 2.45) is 0 Å². The molecule has 0 radical (unpaired) electrons. The summed E-state index contributed by atoms with van der Waals surface area (Å²) in [6.07, 6.45) is 2.88. The van der Waals surface area contributed by atoms with Crippen LogP contribution < -0.4 is 0 Å². The summed E-state index contributed by atoms with van der Waals surface area (Å²) < 4.78 is 78.8. The molecule has 0 fully saturated rings. The highest BCUT2D eigenvalue weighted by molar-refractivity contribution is 7.90. The van der Waals surface area contributed by atoms with Crippen LogP contribution >= 0.6 is 0 Å². The van der Waals surface area contributed by atoms with Gasteiger partial charge in [-0.2, -0.15) is 0 Å². The summed E-state index contributed by atoms with van der Waals surface area (Å²) in [5.74, 6) is -1.71. The number of fused-ring (bicyclic) bond motifs is 2. The van der Waals surface area contributed by atoms with Gasteiger partial charge in [0, 0.05) is 39.9 Å². The lowest BCUT2D eigenvalue weighted by atomic mass is 9.90. The zero-order valence-electron chi connectivity index (χ0n) is 28.4. The Morgan fingerprint density at radius 3 is 1.90 bits per heavy atom. The first-order chi connectivity index (χ1) is 24.2. The number of ether oxygens (including phenoxy) is 1. The van der Waals surface area contributed by atoms with Gasteiger partial charge in [0.05, 0.1) is 33.6 Å². The number of para-hydroxylation sites is 1. The van der Waals surface area contributed by atoms with Crippen molar-refractivity contribution in [1.82, 2.24) is 12.9 Å². The maximum Gasteiger partial charge on any atom is 0.355 e. The Hall–Kier alpha value is -5.46. The van der Waals surface area contributed by atoms with Crippen molar-refractivity contribution in [3.8, 4) is 22.4 Å².